The molecule has 2 heteroatoms. The number of aliphatic hydroxyl groups is 1. The van der Waals surface area contributed by atoms with Gasteiger partial charge < -0.3 is 5.11 Å². The Balaban J connectivity index is 3.01. The van der Waals surface area contributed by atoms with Gasteiger partial charge in [-0.05, 0) is 43.4 Å². The molecule has 0 heterocycles. The molecule has 0 saturated heterocycles. The van der Waals surface area contributed by atoms with E-state index in [1.165, 1.54) is 6.07 Å². The third-order valence-electron chi connectivity index (χ3n) is 3.44. The predicted octanol–water partition coefficient (Wildman–Crippen LogP) is 3.78. The summed E-state index contributed by atoms with van der Waals surface area (Å²) in [5, 5.41) is 10.4. The van der Waals surface area contributed by atoms with Crippen LogP contribution in [0.25, 0.3) is 0 Å². The van der Waals surface area contributed by atoms with Crippen molar-refractivity contribution in [3.8, 4) is 0 Å². The van der Waals surface area contributed by atoms with Crippen LogP contribution in [0.15, 0.2) is 18.2 Å². The standard InChI is InChI=1S/C14H21FO/c1-5-6-11(3)14(4,16)12-8-7-10(2)13(15)9-12/h7-9,11,16H,5-6H2,1-4H3. The monoisotopic (exact) mass is 224 g/mol. The third-order valence-corrected chi connectivity index (χ3v) is 3.44. The number of rotatable bonds is 4. The predicted molar refractivity (Wildman–Crippen MR) is 64.8 cm³/mol. The molecule has 0 saturated carbocycles. The van der Waals surface area contributed by atoms with Crippen LogP contribution in [-0.4, -0.2) is 5.11 Å². The van der Waals surface area contributed by atoms with E-state index in [4.69, 9.17) is 0 Å². The molecule has 2 atom stereocenters. The van der Waals surface area contributed by atoms with E-state index < -0.39 is 5.60 Å². The summed E-state index contributed by atoms with van der Waals surface area (Å²) >= 11 is 0. The number of hydrogen-bond acceptors (Lipinski definition) is 1. The average Bonchev–Trinajstić information content (AvgIpc) is 2.22. The van der Waals surface area contributed by atoms with E-state index in [-0.39, 0.29) is 11.7 Å². The van der Waals surface area contributed by atoms with Crippen LogP contribution >= 0.6 is 0 Å². The Hall–Kier alpha value is -0.890. The lowest BCUT2D eigenvalue weighted by Gasteiger charge is -2.31. The molecule has 1 nitrogen and oxygen atoms in total. The largest absolute Gasteiger partial charge is 0.385 e. The minimum Gasteiger partial charge on any atom is -0.385 e. The minimum absolute atomic E-state index is 0.125. The van der Waals surface area contributed by atoms with Gasteiger partial charge in [0.2, 0.25) is 0 Å². The molecular weight excluding hydrogens is 203 g/mol. The van der Waals surface area contributed by atoms with Gasteiger partial charge in [0.15, 0.2) is 0 Å². The van der Waals surface area contributed by atoms with Crippen molar-refractivity contribution in [3.63, 3.8) is 0 Å². The second-order valence-electron chi connectivity index (χ2n) is 4.80. The van der Waals surface area contributed by atoms with Gasteiger partial charge in [-0.3, -0.25) is 0 Å². The number of halogens is 1. The summed E-state index contributed by atoms with van der Waals surface area (Å²) in [7, 11) is 0. The highest BCUT2D eigenvalue weighted by Crippen LogP contribution is 2.32. The molecule has 1 N–H and O–H groups in total. The molecule has 90 valence electrons. The van der Waals surface area contributed by atoms with Crippen LogP contribution < -0.4 is 0 Å². The fraction of sp³-hybridized carbons (Fsp3) is 0.571. The van der Waals surface area contributed by atoms with Crippen molar-refractivity contribution in [1.82, 2.24) is 0 Å². The lowest BCUT2D eigenvalue weighted by molar-refractivity contribution is -0.00246. The molecule has 1 aromatic carbocycles. The Labute approximate surface area is 97.3 Å². The molecule has 0 radical (unpaired) electrons. The first kappa shape index (κ1) is 13.2. The van der Waals surface area contributed by atoms with E-state index in [9.17, 15) is 9.50 Å². The summed E-state index contributed by atoms with van der Waals surface area (Å²) in [6.45, 7) is 7.57. The van der Waals surface area contributed by atoms with Crippen LogP contribution in [0.5, 0.6) is 0 Å². The van der Waals surface area contributed by atoms with Crippen LogP contribution in [0, 0.1) is 18.7 Å². The van der Waals surface area contributed by atoms with E-state index in [0.717, 1.165) is 12.8 Å². The number of hydrogen-bond donors (Lipinski definition) is 1. The lowest BCUT2D eigenvalue weighted by Crippen LogP contribution is -2.30. The van der Waals surface area contributed by atoms with Gasteiger partial charge in [-0.2, -0.15) is 0 Å². The molecule has 1 aromatic rings. The van der Waals surface area contributed by atoms with Gasteiger partial charge in [0, 0.05) is 0 Å². The quantitative estimate of drug-likeness (QED) is 0.825. The van der Waals surface area contributed by atoms with Crippen LogP contribution in [0.4, 0.5) is 4.39 Å². The zero-order chi connectivity index (χ0) is 12.3. The van der Waals surface area contributed by atoms with Crippen LogP contribution in [0.3, 0.4) is 0 Å². The second kappa shape index (κ2) is 4.96. The molecule has 0 aromatic heterocycles. The average molecular weight is 224 g/mol. The summed E-state index contributed by atoms with van der Waals surface area (Å²) in [4.78, 5) is 0. The van der Waals surface area contributed by atoms with Crippen molar-refractivity contribution < 1.29 is 9.50 Å². The highest BCUT2D eigenvalue weighted by Gasteiger charge is 2.30. The maximum atomic E-state index is 13.4. The molecule has 0 aliphatic rings. The van der Waals surface area contributed by atoms with Gasteiger partial charge >= 0.3 is 0 Å². The molecule has 0 amide bonds. The Morgan fingerprint density at radius 2 is 2.06 bits per heavy atom. The van der Waals surface area contributed by atoms with Crippen LogP contribution in [-0.2, 0) is 5.60 Å². The minimum atomic E-state index is -0.954. The van der Waals surface area contributed by atoms with E-state index in [1.54, 1.807) is 19.9 Å². The van der Waals surface area contributed by atoms with Gasteiger partial charge in [-0.1, -0.05) is 32.4 Å². The maximum absolute atomic E-state index is 13.4. The van der Waals surface area contributed by atoms with Crippen molar-refractivity contribution in [2.75, 3.05) is 0 Å². The first-order chi connectivity index (χ1) is 7.39. The molecule has 0 aliphatic carbocycles. The first-order valence-electron chi connectivity index (χ1n) is 5.88. The normalized spacial score (nSPS) is 16.9. The summed E-state index contributed by atoms with van der Waals surface area (Å²) < 4.78 is 13.4. The van der Waals surface area contributed by atoms with Crippen LogP contribution in [0.1, 0.15) is 44.7 Å². The summed E-state index contributed by atoms with van der Waals surface area (Å²) in [5.74, 6) is -0.124. The van der Waals surface area contributed by atoms with Crippen LogP contribution in [0.2, 0.25) is 0 Å². The van der Waals surface area contributed by atoms with Gasteiger partial charge in [0.05, 0.1) is 5.60 Å². The highest BCUT2D eigenvalue weighted by atomic mass is 19.1. The molecule has 2 unspecified atom stereocenters. The van der Waals surface area contributed by atoms with E-state index in [2.05, 4.69) is 6.92 Å². The Bertz CT molecular complexity index is 358. The van der Waals surface area contributed by atoms with Crippen molar-refractivity contribution in [2.24, 2.45) is 5.92 Å². The molecule has 0 spiro atoms. The molecule has 1 rings (SSSR count). The van der Waals surface area contributed by atoms with E-state index >= 15 is 0 Å². The maximum Gasteiger partial charge on any atom is 0.126 e. The second-order valence-corrected chi connectivity index (χ2v) is 4.80. The smallest absolute Gasteiger partial charge is 0.126 e. The van der Waals surface area contributed by atoms with Gasteiger partial charge in [-0.15, -0.1) is 0 Å². The fourth-order valence-electron chi connectivity index (χ4n) is 1.91. The van der Waals surface area contributed by atoms with Gasteiger partial charge in [0.25, 0.3) is 0 Å². The zero-order valence-corrected chi connectivity index (χ0v) is 10.5. The van der Waals surface area contributed by atoms with Gasteiger partial charge in [-0.25, -0.2) is 4.39 Å². The third kappa shape index (κ3) is 2.62. The summed E-state index contributed by atoms with van der Waals surface area (Å²) in [6, 6.07) is 4.98. The molecule has 16 heavy (non-hydrogen) atoms. The molecule has 0 bridgehead atoms. The van der Waals surface area contributed by atoms with E-state index in [1.807, 2.05) is 13.0 Å². The summed E-state index contributed by atoms with van der Waals surface area (Å²) in [6.07, 6.45) is 1.95. The Morgan fingerprint density at radius 1 is 1.44 bits per heavy atom. The molecule has 0 fully saturated rings. The Morgan fingerprint density at radius 3 is 2.56 bits per heavy atom. The van der Waals surface area contributed by atoms with Crippen molar-refractivity contribution >= 4 is 0 Å². The molecular formula is C14H21FO. The van der Waals surface area contributed by atoms with Gasteiger partial charge in [0.1, 0.15) is 5.82 Å². The molecule has 0 aliphatic heterocycles. The topological polar surface area (TPSA) is 20.2 Å². The van der Waals surface area contributed by atoms with Crippen molar-refractivity contribution in [2.45, 2.75) is 46.1 Å². The van der Waals surface area contributed by atoms with Crippen molar-refractivity contribution in [3.05, 3.63) is 35.1 Å². The van der Waals surface area contributed by atoms with E-state index in [0.29, 0.717) is 11.1 Å². The highest BCUT2D eigenvalue weighted by molar-refractivity contribution is 5.28. The summed E-state index contributed by atoms with van der Waals surface area (Å²) in [5.41, 5.74) is 0.323. The fourth-order valence-corrected chi connectivity index (χ4v) is 1.91. The Kier molecular flexibility index (Phi) is 4.09. The first-order valence-corrected chi connectivity index (χ1v) is 5.88. The SMILES string of the molecule is CCCC(C)C(C)(O)c1ccc(C)c(F)c1. The number of aryl methyl sites for hydroxylation is 1. The van der Waals surface area contributed by atoms with Crippen molar-refractivity contribution in [1.29, 1.82) is 0 Å². The lowest BCUT2D eigenvalue weighted by atomic mass is 9.81. The number of benzene rings is 1. The zero-order valence-electron chi connectivity index (χ0n) is 10.5.